The first-order chi connectivity index (χ1) is 13.3. The molecule has 0 unspecified atom stereocenters. The fourth-order valence-corrected chi connectivity index (χ4v) is 3.06. The number of anilines is 1. The third-order valence-corrected chi connectivity index (χ3v) is 4.55. The molecule has 0 fully saturated rings. The van der Waals surface area contributed by atoms with Gasteiger partial charge < -0.3 is 5.73 Å². The highest BCUT2D eigenvalue weighted by Gasteiger charge is 2.30. The van der Waals surface area contributed by atoms with Crippen LogP contribution < -0.4 is 5.73 Å². The van der Waals surface area contributed by atoms with Crippen LogP contribution >= 0.6 is 11.6 Å². The summed E-state index contributed by atoms with van der Waals surface area (Å²) in [5.74, 6) is 0.307. The van der Waals surface area contributed by atoms with E-state index in [9.17, 15) is 13.2 Å². The zero-order valence-corrected chi connectivity index (χ0v) is 15.0. The van der Waals surface area contributed by atoms with Crippen molar-refractivity contribution in [3.05, 3.63) is 71.4 Å². The van der Waals surface area contributed by atoms with Crippen LogP contribution in [0.1, 0.15) is 5.56 Å². The molecule has 2 heterocycles. The van der Waals surface area contributed by atoms with E-state index >= 15 is 0 Å². The number of benzene rings is 2. The maximum atomic E-state index is 13.0. The minimum absolute atomic E-state index is 0.100. The third kappa shape index (κ3) is 3.36. The van der Waals surface area contributed by atoms with Gasteiger partial charge in [0.05, 0.1) is 21.8 Å². The first kappa shape index (κ1) is 18.2. The summed E-state index contributed by atoms with van der Waals surface area (Å²) < 4.78 is 39.1. The van der Waals surface area contributed by atoms with E-state index in [1.807, 2.05) is 6.07 Å². The molecule has 0 aliphatic heterocycles. The van der Waals surface area contributed by atoms with Crippen LogP contribution in [0.3, 0.4) is 0 Å². The van der Waals surface area contributed by atoms with Crippen LogP contribution in [-0.4, -0.2) is 15.0 Å². The van der Waals surface area contributed by atoms with Gasteiger partial charge in [-0.05, 0) is 48.5 Å². The van der Waals surface area contributed by atoms with E-state index in [4.69, 9.17) is 17.3 Å². The number of pyridine rings is 1. The van der Waals surface area contributed by atoms with Crippen LogP contribution in [0, 0.1) is 0 Å². The molecule has 0 amide bonds. The summed E-state index contributed by atoms with van der Waals surface area (Å²) in [6.07, 6.45) is -2.83. The number of halogens is 4. The maximum Gasteiger partial charge on any atom is 0.416 e. The Labute approximate surface area is 162 Å². The fourth-order valence-electron chi connectivity index (χ4n) is 2.84. The Morgan fingerprint density at radius 1 is 0.929 bits per heavy atom. The molecule has 0 aliphatic carbocycles. The molecule has 0 saturated heterocycles. The SMILES string of the molecule is Nc1nc(-c2ccc(Cl)c(-c3ccccn3)c2)nc2cc(C(F)(F)F)ccc12. The van der Waals surface area contributed by atoms with E-state index in [0.29, 0.717) is 27.2 Å². The van der Waals surface area contributed by atoms with Gasteiger partial charge in [0.25, 0.3) is 0 Å². The van der Waals surface area contributed by atoms with Crippen molar-refractivity contribution in [2.24, 2.45) is 0 Å². The van der Waals surface area contributed by atoms with E-state index in [1.165, 1.54) is 6.07 Å². The van der Waals surface area contributed by atoms with Gasteiger partial charge in [-0.25, -0.2) is 9.97 Å². The highest BCUT2D eigenvalue weighted by Crippen LogP contribution is 2.34. The van der Waals surface area contributed by atoms with Crippen molar-refractivity contribution in [3.63, 3.8) is 0 Å². The van der Waals surface area contributed by atoms with Gasteiger partial charge >= 0.3 is 6.18 Å². The largest absolute Gasteiger partial charge is 0.416 e. The molecule has 0 aliphatic rings. The monoisotopic (exact) mass is 400 g/mol. The van der Waals surface area contributed by atoms with Crippen LogP contribution in [0.5, 0.6) is 0 Å². The molecule has 8 heteroatoms. The van der Waals surface area contributed by atoms with Gasteiger partial charge in [-0.2, -0.15) is 13.2 Å². The van der Waals surface area contributed by atoms with Crippen LogP contribution in [-0.2, 0) is 6.18 Å². The first-order valence-electron chi connectivity index (χ1n) is 8.19. The zero-order valence-electron chi connectivity index (χ0n) is 14.2. The predicted molar refractivity (Wildman–Crippen MR) is 103 cm³/mol. The summed E-state index contributed by atoms with van der Waals surface area (Å²) >= 11 is 6.28. The highest BCUT2D eigenvalue weighted by molar-refractivity contribution is 6.33. The van der Waals surface area contributed by atoms with Gasteiger partial charge in [0.15, 0.2) is 5.82 Å². The quantitative estimate of drug-likeness (QED) is 0.474. The van der Waals surface area contributed by atoms with Crippen LogP contribution in [0.2, 0.25) is 5.02 Å². The first-order valence-corrected chi connectivity index (χ1v) is 8.56. The molecule has 2 N–H and O–H groups in total. The summed E-state index contributed by atoms with van der Waals surface area (Å²) in [5, 5.41) is 0.839. The summed E-state index contributed by atoms with van der Waals surface area (Å²) in [6.45, 7) is 0. The second kappa shape index (κ2) is 6.76. The standard InChI is InChI=1S/C20H12ClF3N4/c21-15-7-4-11(9-14(15)16-3-1-2-8-26-16)19-27-17-10-12(20(22,23)24)5-6-13(17)18(25)28-19/h1-10H,(H2,25,27,28). The van der Waals surface area contributed by atoms with E-state index in [1.54, 1.807) is 36.5 Å². The number of nitrogen functional groups attached to an aromatic ring is 1. The topological polar surface area (TPSA) is 64.7 Å². The highest BCUT2D eigenvalue weighted by atomic mass is 35.5. The lowest BCUT2D eigenvalue weighted by Gasteiger charge is -2.11. The number of hydrogen-bond acceptors (Lipinski definition) is 4. The van der Waals surface area contributed by atoms with Crippen molar-refractivity contribution in [3.8, 4) is 22.6 Å². The van der Waals surface area contributed by atoms with Crippen LogP contribution in [0.4, 0.5) is 19.0 Å². The normalized spacial score (nSPS) is 11.7. The van der Waals surface area contributed by atoms with Crippen LogP contribution in [0.25, 0.3) is 33.5 Å². The molecular weight excluding hydrogens is 389 g/mol. The van der Waals surface area contributed by atoms with Gasteiger partial charge in [-0.15, -0.1) is 0 Å². The lowest BCUT2D eigenvalue weighted by molar-refractivity contribution is -0.137. The summed E-state index contributed by atoms with van der Waals surface area (Å²) in [6, 6.07) is 13.7. The smallest absolute Gasteiger partial charge is 0.383 e. The number of fused-ring (bicyclic) bond motifs is 1. The van der Waals surface area contributed by atoms with Gasteiger partial charge in [0.1, 0.15) is 5.82 Å². The second-order valence-electron chi connectivity index (χ2n) is 6.07. The van der Waals surface area contributed by atoms with Crippen molar-refractivity contribution in [2.75, 3.05) is 5.73 Å². The Bertz CT molecular complexity index is 1180. The Hall–Kier alpha value is -3.19. The lowest BCUT2D eigenvalue weighted by atomic mass is 10.1. The Balaban J connectivity index is 1.87. The molecular formula is C20H12ClF3N4. The van der Waals surface area contributed by atoms with E-state index in [0.717, 1.165) is 12.1 Å². The molecule has 140 valence electrons. The Morgan fingerprint density at radius 3 is 2.46 bits per heavy atom. The van der Waals surface area contributed by atoms with Gasteiger partial charge in [-0.1, -0.05) is 17.7 Å². The molecule has 4 rings (SSSR count). The van der Waals surface area contributed by atoms with Crippen molar-refractivity contribution in [1.82, 2.24) is 15.0 Å². The number of rotatable bonds is 2. The molecule has 0 bridgehead atoms. The van der Waals surface area contributed by atoms with E-state index in [-0.39, 0.29) is 17.2 Å². The molecule has 4 nitrogen and oxygen atoms in total. The molecule has 0 atom stereocenters. The average Bonchev–Trinajstić information content (AvgIpc) is 2.68. The molecule has 4 aromatic rings. The van der Waals surface area contributed by atoms with Crippen molar-refractivity contribution < 1.29 is 13.2 Å². The Morgan fingerprint density at radius 2 is 1.75 bits per heavy atom. The summed E-state index contributed by atoms with van der Waals surface area (Å²) in [7, 11) is 0. The number of alkyl halides is 3. The number of nitrogens with zero attached hydrogens (tertiary/aromatic N) is 3. The maximum absolute atomic E-state index is 13.0. The summed E-state index contributed by atoms with van der Waals surface area (Å²) in [5.41, 5.74) is 7.16. The van der Waals surface area contributed by atoms with E-state index in [2.05, 4.69) is 15.0 Å². The molecule has 0 saturated carbocycles. The molecule has 0 radical (unpaired) electrons. The minimum Gasteiger partial charge on any atom is -0.383 e. The van der Waals surface area contributed by atoms with Crippen LogP contribution in [0.15, 0.2) is 60.8 Å². The molecule has 2 aromatic carbocycles. The van der Waals surface area contributed by atoms with Crippen molar-refractivity contribution in [2.45, 2.75) is 6.18 Å². The predicted octanol–water partition coefficient (Wildman–Crippen LogP) is 5.61. The zero-order chi connectivity index (χ0) is 19.9. The minimum atomic E-state index is -4.47. The van der Waals surface area contributed by atoms with Crippen molar-refractivity contribution in [1.29, 1.82) is 0 Å². The number of nitrogens with two attached hydrogens (primary N) is 1. The Kier molecular flexibility index (Phi) is 4.39. The molecule has 0 spiro atoms. The second-order valence-corrected chi connectivity index (χ2v) is 6.48. The van der Waals surface area contributed by atoms with Gasteiger partial charge in [0, 0.05) is 22.7 Å². The van der Waals surface area contributed by atoms with Gasteiger partial charge in [0.2, 0.25) is 0 Å². The number of hydrogen-bond donors (Lipinski definition) is 1. The average molecular weight is 401 g/mol. The third-order valence-electron chi connectivity index (χ3n) is 4.22. The van der Waals surface area contributed by atoms with Gasteiger partial charge in [-0.3, -0.25) is 4.98 Å². The molecule has 2 aromatic heterocycles. The number of aromatic nitrogens is 3. The lowest BCUT2D eigenvalue weighted by Crippen LogP contribution is -2.05. The van der Waals surface area contributed by atoms with E-state index < -0.39 is 11.7 Å². The molecule has 28 heavy (non-hydrogen) atoms. The van der Waals surface area contributed by atoms with Crippen molar-refractivity contribution >= 4 is 28.3 Å². The summed E-state index contributed by atoms with van der Waals surface area (Å²) in [4.78, 5) is 12.8. The fraction of sp³-hybridized carbons (Fsp3) is 0.0500.